The van der Waals surface area contributed by atoms with Crippen LogP contribution in [0.3, 0.4) is 0 Å². The summed E-state index contributed by atoms with van der Waals surface area (Å²) in [7, 11) is -1.33. The monoisotopic (exact) mass is 414 g/mol. The topological polar surface area (TPSA) is 110 Å². The molecule has 1 heterocycles. The van der Waals surface area contributed by atoms with Crippen LogP contribution >= 0.6 is 8.53 Å². The van der Waals surface area contributed by atoms with E-state index in [0.717, 1.165) is 0 Å². The Morgan fingerprint density at radius 2 is 1.75 bits per heavy atom. The van der Waals surface area contributed by atoms with E-state index in [2.05, 4.69) is 43.4 Å². The number of aryl methyl sites for hydroxylation is 1. The highest BCUT2D eigenvalue weighted by molar-refractivity contribution is 7.44. The number of aromatic nitrogens is 2. The molecule has 0 radical (unpaired) electrons. The number of aromatic amines is 1. The maximum absolute atomic E-state index is 11.9. The van der Waals surface area contributed by atoms with Crippen LogP contribution in [0.5, 0.6) is 0 Å². The Balaban J connectivity index is 2.65. The first-order valence-electron chi connectivity index (χ1n) is 9.33. The summed E-state index contributed by atoms with van der Waals surface area (Å²) in [5.41, 5.74) is -0.485. The molecule has 0 saturated carbocycles. The van der Waals surface area contributed by atoms with Gasteiger partial charge in [0.05, 0.1) is 32.3 Å². The van der Waals surface area contributed by atoms with Gasteiger partial charge >= 0.3 is 5.69 Å². The Morgan fingerprint density at radius 3 is 2.32 bits per heavy atom. The third kappa shape index (κ3) is 7.46. The van der Waals surface area contributed by atoms with Gasteiger partial charge in [-0.3, -0.25) is 14.3 Å². The van der Waals surface area contributed by atoms with Crippen LogP contribution in [0.1, 0.15) is 52.8 Å². The Labute approximate surface area is 167 Å². The van der Waals surface area contributed by atoms with Crippen molar-refractivity contribution in [3.8, 4) is 6.07 Å². The molecule has 0 aliphatic rings. The van der Waals surface area contributed by atoms with Crippen LogP contribution in [0.4, 0.5) is 0 Å². The number of nitrogens with zero attached hydrogens (tertiary/aromatic N) is 3. The quantitative estimate of drug-likeness (QED) is 0.414. The summed E-state index contributed by atoms with van der Waals surface area (Å²) in [5, 5.41) is 8.73. The Bertz CT molecular complexity index is 748. The van der Waals surface area contributed by atoms with E-state index in [4.69, 9.17) is 19.0 Å². The minimum absolute atomic E-state index is 0.218. The van der Waals surface area contributed by atoms with E-state index in [0.29, 0.717) is 18.6 Å². The van der Waals surface area contributed by atoms with Gasteiger partial charge in [-0.25, -0.2) is 9.46 Å². The molecule has 28 heavy (non-hydrogen) atoms. The first-order valence-corrected chi connectivity index (χ1v) is 10.5. The molecule has 0 saturated heterocycles. The third-order valence-electron chi connectivity index (χ3n) is 3.84. The first kappa shape index (κ1) is 24.5. The van der Waals surface area contributed by atoms with Crippen molar-refractivity contribution in [1.29, 1.82) is 5.26 Å². The highest BCUT2D eigenvalue weighted by atomic mass is 31.2. The summed E-state index contributed by atoms with van der Waals surface area (Å²) < 4.78 is 20.9. The van der Waals surface area contributed by atoms with Gasteiger partial charge in [0.2, 0.25) is 0 Å². The molecular formula is C18H31N4O5P. The molecule has 0 fully saturated rings. The van der Waals surface area contributed by atoms with E-state index >= 15 is 0 Å². The fourth-order valence-electron chi connectivity index (χ4n) is 2.58. The third-order valence-corrected chi connectivity index (χ3v) is 5.95. The number of ether oxygens (including phenoxy) is 1. The zero-order valence-corrected chi connectivity index (χ0v) is 18.4. The molecule has 9 nitrogen and oxygen atoms in total. The highest BCUT2D eigenvalue weighted by Gasteiger charge is 2.27. The van der Waals surface area contributed by atoms with Crippen molar-refractivity contribution in [2.75, 3.05) is 19.8 Å². The van der Waals surface area contributed by atoms with E-state index in [-0.39, 0.29) is 25.3 Å². The number of hydrogen-bond acceptors (Lipinski definition) is 7. The molecule has 0 aromatic carbocycles. The highest BCUT2D eigenvalue weighted by Crippen LogP contribution is 2.45. The fourth-order valence-corrected chi connectivity index (χ4v) is 4.16. The Morgan fingerprint density at radius 1 is 1.14 bits per heavy atom. The van der Waals surface area contributed by atoms with Crippen molar-refractivity contribution < 1.29 is 13.8 Å². The van der Waals surface area contributed by atoms with E-state index in [1.54, 1.807) is 13.8 Å². The minimum Gasteiger partial charge on any atom is -0.356 e. The second-order valence-electron chi connectivity index (χ2n) is 6.83. The maximum Gasteiger partial charge on any atom is 0.330 e. The lowest BCUT2D eigenvalue weighted by molar-refractivity contribution is -0.00444. The lowest BCUT2D eigenvalue weighted by Crippen LogP contribution is -2.34. The second-order valence-corrected chi connectivity index (χ2v) is 8.28. The number of nitriles is 1. The van der Waals surface area contributed by atoms with E-state index < -0.39 is 26.0 Å². The summed E-state index contributed by atoms with van der Waals surface area (Å²) in [6.45, 7) is 12.4. The van der Waals surface area contributed by atoms with E-state index in [9.17, 15) is 9.59 Å². The largest absolute Gasteiger partial charge is 0.356 e. The maximum atomic E-state index is 11.9. The summed E-state index contributed by atoms with van der Waals surface area (Å²) in [6.07, 6.45) is 1.22. The predicted octanol–water partition coefficient (Wildman–Crippen LogP) is 2.67. The SMILES string of the molecule is Cc1cn([C@@H](C)OCCOP(OCCC#N)N(C(C)C)C(C)C)c(=O)[nH]c1=O. The molecule has 1 aromatic heterocycles. The Hall–Kier alpha value is -1.56. The Kier molecular flexibility index (Phi) is 10.6. The second kappa shape index (κ2) is 12.1. The zero-order chi connectivity index (χ0) is 21.3. The lowest BCUT2D eigenvalue weighted by Gasteiger charge is -2.35. The van der Waals surface area contributed by atoms with Gasteiger partial charge in [0.25, 0.3) is 14.1 Å². The van der Waals surface area contributed by atoms with Crippen LogP contribution in [0.25, 0.3) is 0 Å². The standard InChI is InChI=1S/C18H31N4O5P/c1-13(2)22(14(3)4)28(26-9-7-8-19)27-11-10-25-16(6)21-12-15(5)17(23)20-18(21)24/h12-14,16H,7,9-11H2,1-6H3,(H,20,23,24)/t16-,28?/m1/s1. The number of nitrogens with one attached hydrogen (secondary N) is 1. The van der Waals surface area contributed by atoms with Gasteiger partial charge < -0.3 is 13.8 Å². The van der Waals surface area contributed by atoms with Crippen LogP contribution in [0, 0.1) is 18.3 Å². The van der Waals surface area contributed by atoms with Crippen LogP contribution in [-0.4, -0.2) is 46.1 Å². The van der Waals surface area contributed by atoms with Crippen molar-refractivity contribution in [1.82, 2.24) is 14.2 Å². The molecule has 1 unspecified atom stereocenters. The van der Waals surface area contributed by atoms with Crippen molar-refractivity contribution in [2.45, 2.75) is 66.3 Å². The van der Waals surface area contributed by atoms with Crippen molar-refractivity contribution in [3.63, 3.8) is 0 Å². The van der Waals surface area contributed by atoms with E-state index in [1.165, 1.54) is 10.8 Å². The molecule has 10 heteroatoms. The average Bonchev–Trinajstić information content (AvgIpc) is 2.60. The predicted molar refractivity (Wildman–Crippen MR) is 108 cm³/mol. The summed E-state index contributed by atoms with van der Waals surface area (Å²) >= 11 is 0. The molecule has 0 amide bonds. The molecule has 1 aromatic rings. The smallest absolute Gasteiger partial charge is 0.330 e. The summed E-state index contributed by atoms with van der Waals surface area (Å²) in [5.74, 6) is 0. The molecule has 1 rings (SSSR count). The van der Waals surface area contributed by atoms with Gasteiger partial charge in [0.1, 0.15) is 6.23 Å². The minimum atomic E-state index is -1.33. The molecule has 158 valence electrons. The normalized spacial score (nSPS) is 13.9. The van der Waals surface area contributed by atoms with Crippen LogP contribution < -0.4 is 11.2 Å². The van der Waals surface area contributed by atoms with Gasteiger partial charge in [0, 0.05) is 23.8 Å². The van der Waals surface area contributed by atoms with Gasteiger partial charge in [-0.15, -0.1) is 0 Å². The van der Waals surface area contributed by atoms with Crippen molar-refractivity contribution in [3.05, 3.63) is 32.6 Å². The number of H-pyrrole nitrogens is 1. The summed E-state index contributed by atoms with van der Waals surface area (Å²) in [6, 6.07) is 2.50. The zero-order valence-electron chi connectivity index (χ0n) is 17.5. The first-order chi connectivity index (χ1) is 13.2. The molecule has 2 atom stereocenters. The molecule has 0 bridgehead atoms. The average molecular weight is 414 g/mol. The van der Waals surface area contributed by atoms with Gasteiger partial charge in [-0.1, -0.05) is 0 Å². The van der Waals surface area contributed by atoms with Crippen LogP contribution in [-0.2, 0) is 13.8 Å². The number of hydrogen-bond donors (Lipinski definition) is 1. The lowest BCUT2D eigenvalue weighted by atomic mass is 10.3. The molecule has 0 aliphatic heterocycles. The summed E-state index contributed by atoms with van der Waals surface area (Å²) in [4.78, 5) is 25.6. The molecule has 1 N–H and O–H groups in total. The molecule has 0 aliphatic carbocycles. The molecular weight excluding hydrogens is 383 g/mol. The van der Waals surface area contributed by atoms with Crippen LogP contribution in [0.15, 0.2) is 15.8 Å². The van der Waals surface area contributed by atoms with Crippen LogP contribution in [0.2, 0.25) is 0 Å². The van der Waals surface area contributed by atoms with Gasteiger partial charge in [0.15, 0.2) is 0 Å². The van der Waals surface area contributed by atoms with E-state index in [1.807, 2.05) is 0 Å². The van der Waals surface area contributed by atoms with Crippen molar-refractivity contribution in [2.24, 2.45) is 0 Å². The van der Waals surface area contributed by atoms with Crippen molar-refractivity contribution >= 4 is 8.53 Å². The van der Waals surface area contributed by atoms with Gasteiger partial charge in [-0.2, -0.15) is 5.26 Å². The fraction of sp³-hybridized carbons (Fsp3) is 0.722. The molecule has 0 spiro atoms. The number of rotatable bonds is 12. The van der Waals surface area contributed by atoms with Gasteiger partial charge in [-0.05, 0) is 41.5 Å².